The second-order valence-electron chi connectivity index (χ2n) is 5.45. The van der Waals surface area contributed by atoms with Gasteiger partial charge in [-0.05, 0) is 36.4 Å². The maximum atomic E-state index is 12.4. The van der Waals surface area contributed by atoms with E-state index in [4.69, 9.17) is 4.74 Å². The first-order valence-electron chi connectivity index (χ1n) is 7.92. The summed E-state index contributed by atoms with van der Waals surface area (Å²) in [6, 6.07) is 12.8. The van der Waals surface area contributed by atoms with Crippen LogP contribution in [0, 0.1) is 0 Å². The lowest BCUT2D eigenvalue weighted by atomic mass is 10.1. The van der Waals surface area contributed by atoms with Crippen LogP contribution in [-0.4, -0.2) is 22.8 Å². The third-order valence-corrected chi connectivity index (χ3v) is 4.08. The fourth-order valence-corrected chi connectivity index (χ4v) is 2.79. The molecular weight excluding hydrogens is 366 g/mol. The number of amides is 2. The van der Waals surface area contributed by atoms with E-state index in [1.165, 1.54) is 24.3 Å². The highest BCUT2D eigenvalue weighted by atomic mass is 32.1. The van der Waals surface area contributed by atoms with Crippen LogP contribution < -0.4 is 15.4 Å². The van der Waals surface area contributed by atoms with Crippen LogP contribution >= 0.6 is 11.3 Å². The molecule has 0 aliphatic heterocycles. The van der Waals surface area contributed by atoms with E-state index in [0.717, 1.165) is 0 Å². The van der Waals surface area contributed by atoms with Crippen molar-refractivity contribution in [2.24, 2.45) is 0 Å². The first-order chi connectivity index (χ1) is 13.0. The maximum Gasteiger partial charge on any atom is 0.308 e. The highest BCUT2D eigenvalue weighted by Gasteiger charge is 2.11. The van der Waals surface area contributed by atoms with Crippen molar-refractivity contribution in [1.82, 2.24) is 4.98 Å². The van der Waals surface area contributed by atoms with E-state index < -0.39 is 5.97 Å². The zero-order valence-electron chi connectivity index (χ0n) is 14.3. The van der Waals surface area contributed by atoms with Crippen LogP contribution in [0.5, 0.6) is 5.75 Å². The molecule has 1 aromatic heterocycles. The fourth-order valence-electron chi connectivity index (χ4n) is 2.26. The van der Waals surface area contributed by atoms with E-state index >= 15 is 0 Å². The van der Waals surface area contributed by atoms with Gasteiger partial charge in [-0.15, -0.1) is 11.3 Å². The summed E-state index contributed by atoms with van der Waals surface area (Å²) in [5, 5.41) is 7.66. The summed E-state index contributed by atoms with van der Waals surface area (Å²) in [7, 11) is 0. The molecule has 1 heterocycles. The number of aromatic nitrogens is 1. The molecule has 3 aromatic rings. The van der Waals surface area contributed by atoms with Crippen LogP contribution in [0.1, 0.15) is 27.6 Å². The topological polar surface area (TPSA) is 97.4 Å². The number of benzene rings is 2. The quantitative estimate of drug-likeness (QED) is 0.520. The van der Waals surface area contributed by atoms with Gasteiger partial charge in [0.25, 0.3) is 11.8 Å². The molecule has 0 aliphatic carbocycles. The van der Waals surface area contributed by atoms with Gasteiger partial charge >= 0.3 is 5.97 Å². The number of hydrogen-bond acceptors (Lipinski definition) is 6. The number of nitrogens with zero attached hydrogens (tertiary/aromatic N) is 1. The molecule has 8 heteroatoms. The third kappa shape index (κ3) is 4.99. The number of nitrogens with one attached hydrogen (secondary N) is 2. The first kappa shape index (κ1) is 18.3. The molecule has 136 valence electrons. The number of rotatable bonds is 5. The van der Waals surface area contributed by atoms with Gasteiger partial charge in [0, 0.05) is 35.3 Å². The van der Waals surface area contributed by atoms with Gasteiger partial charge in [0.2, 0.25) is 0 Å². The average molecular weight is 381 g/mol. The zero-order valence-corrected chi connectivity index (χ0v) is 15.1. The second-order valence-corrected chi connectivity index (χ2v) is 6.34. The predicted molar refractivity (Wildman–Crippen MR) is 102 cm³/mol. The van der Waals surface area contributed by atoms with E-state index in [1.54, 1.807) is 54.0 Å². The van der Waals surface area contributed by atoms with Crippen LogP contribution in [0.15, 0.2) is 60.1 Å². The van der Waals surface area contributed by atoms with Gasteiger partial charge in [0.15, 0.2) is 5.13 Å². The molecule has 0 saturated carbocycles. The monoisotopic (exact) mass is 381 g/mol. The number of ether oxygens (including phenoxy) is 1. The Bertz CT molecular complexity index is 986. The predicted octanol–water partition coefficient (Wildman–Crippen LogP) is 3.57. The standard InChI is InChI=1S/C19H15N3O4S/c1-12(23)26-16-7-3-5-14(11-16)17(24)21-15-6-2-4-13(10-15)18(25)22-19-20-8-9-27-19/h2-11H,1H3,(H,21,24)(H,20,22,25). The van der Waals surface area contributed by atoms with Crippen molar-refractivity contribution in [2.75, 3.05) is 10.6 Å². The molecule has 0 atom stereocenters. The average Bonchev–Trinajstić information content (AvgIpc) is 3.14. The van der Waals surface area contributed by atoms with E-state index in [-0.39, 0.29) is 17.6 Å². The minimum atomic E-state index is -0.466. The number of anilines is 2. The summed E-state index contributed by atoms with van der Waals surface area (Å²) in [5.74, 6) is -0.891. The van der Waals surface area contributed by atoms with Crippen molar-refractivity contribution < 1.29 is 19.1 Å². The van der Waals surface area contributed by atoms with Gasteiger partial charge in [-0.3, -0.25) is 19.7 Å². The highest BCUT2D eigenvalue weighted by Crippen LogP contribution is 2.18. The molecule has 0 unspecified atom stereocenters. The van der Waals surface area contributed by atoms with Crippen LogP contribution in [0.25, 0.3) is 0 Å². The second kappa shape index (κ2) is 8.24. The Hall–Kier alpha value is -3.52. The summed E-state index contributed by atoms with van der Waals surface area (Å²) in [5.41, 5.74) is 1.17. The lowest BCUT2D eigenvalue weighted by Gasteiger charge is -2.08. The molecular formula is C19H15N3O4S. The van der Waals surface area contributed by atoms with Crippen LogP contribution in [-0.2, 0) is 4.79 Å². The summed E-state index contributed by atoms with van der Waals surface area (Å²) in [4.78, 5) is 39.7. The van der Waals surface area contributed by atoms with Crippen molar-refractivity contribution in [3.8, 4) is 5.75 Å². The molecule has 3 rings (SSSR count). The van der Waals surface area contributed by atoms with Crippen LogP contribution in [0.2, 0.25) is 0 Å². The lowest BCUT2D eigenvalue weighted by Crippen LogP contribution is -2.14. The Kier molecular flexibility index (Phi) is 5.58. The zero-order chi connectivity index (χ0) is 19.2. The van der Waals surface area contributed by atoms with Gasteiger partial charge in [-0.25, -0.2) is 4.98 Å². The summed E-state index contributed by atoms with van der Waals surface area (Å²) >= 11 is 1.31. The smallest absolute Gasteiger partial charge is 0.308 e. The maximum absolute atomic E-state index is 12.4. The number of hydrogen-bond donors (Lipinski definition) is 2. The van der Waals surface area contributed by atoms with Gasteiger partial charge < -0.3 is 10.1 Å². The summed E-state index contributed by atoms with van der Waals surface area (Å²) < 4.78 is 4.98. The first-order valence-corrected chi connectivity index (χ1v) is 8.80. The van der Waals surface area contributed by atoms with Gasteiger partial charge in [0.1, 0.15) is 5.75 Å². The molecule has 7 nitrogen and oxygen atoms in total. The number of carbonyl (C=O) groups excluding carboxylic acids is 3. The van der Waals surface area contributed by atoms with Crippen molar-refractivity contribution >= 4 is 39.9 Å². The molecule has 0 bridgehead atoms. The van der Waals surface area contributed by atoms with Crippen molar-refractivity contribution in [3.05, 3.63) is 71.2 Å². The molecule has 0 radical (unpaired) electrons. The SMILES string of the molecule is CC(=O)Oc1cccc(C(=O)Nc2cccc(C(=O)Nc3nccs3)c2)c1. The molecule has 2 aromatic carbocycles. The van der Waals surface area contributed by atoms with Crippen LogP contribution in [0.4, 0.5) is 10.8 Å². The van der Waals surface area contributed by atoms with Gasteiger partial charge in [-0.2, -0.15) is 0 Å². The van der Waals surface area contributed by atoms with Crippen molar-refractivity contribution in [3.63, 3.8) is 0 Å². The summed E-state index contributed by atoms with van der Waals surface area (Å²) in [6.45, 7) is 1.29. The van der Waals surface area contributed by atoms with E-state index in [2.05, 4.69) is 15.6 Å². The Morgan fingerprint density at radius 3 is 2.37 bits per heavy atom. The Morgan fingerprint density at radius 1 is 0.963 bits per heavy atom. The number of carbonyl (C=O) groups is 3. The minimum absolute atomic E-state index is 0.284. The Labute approximate surface area is 159 Å². The largest absolute Gasteiger partial charge is 0.427 e. The van der Waals surface area contributed by atoms with Gasteiger partial charge in [0.05, 0.1) is 0 Å². The van der Waals surface area contributed by atoms with E-state index in [1.807, 2.05) is 0 Å². The molecule has 0 spiro atoms. The highest BCUT2D eigenvalue weighted by molar-refractivity contribution is 7.13. The molecule has 0 fully saturated rings. The number of esters is 1. The van der Waals surface area contributed by atoms with E-state index in [0.29, 0.717) is 21.9 Å². The van der Waals surface area contributed by atoms with Gasteiger partial charge in [-0.1, -0.05) is 12.1 Å². The Balaban J connectivity index is 1.71. The van der Waals surface area contributed by atoms with Crippen molar-refractivity contribution in [1.29, 1.82) is 0 Å². The molecule has 27 heavy (non-hydrogen) atoms. The molecule has 2 amide bonds. The molecule has 0 saturated heterocycles. The van der Waals surface area contributed by atoms with E-state index in [9.17, 15) is 14.4 Å². The summed E-state index contributed by atoms with van der Waals surface area (Å²) in [6.07, 6.45) is 1.60. The Morgan fingerprint density at radius 2 is 1.67 bits per heavy atom. The minimum Gasteiger partial charge on any atom is -0.427 e. The fraction of sp³-hybridized carbons (Fsp3) is 0.0526. The molecule has 2 N–H and O–H groups in total. The third-order valence-electron chi connectivity index (χ3n) is 3.39. The number of thiazole rings is 1. The normalized spacial score (nSPS) is 10.1. The molecule has 0 aliphatic rings. The van der Waals surface area contributed by atoms with Crippen LogP contribution in [0.3, 0.4) is 0 Å². The lowest BCUT2D eigenvalue weighted by molar-refractivity contribution is -0.131. The van der Waals surface area contributed by atoms with Crippen molar-refractivity contribution in [2.45, 2.75) is 6.92 Å².